The fourth-order valence-corrected chi connectivity index (χ4v) is 5.83. The lowest BCUT2D eigenvalue weighted by Crippen LogP contribution is -2.30. The van der Waals surface area contributed by atoms with E-state index in [1.165, 1.54) is 6.07 Å². The fraction of sp³-hybridized carbons (Fsp3) is 0.0833. The highest BCUT2D eigenvalue weighted by atomic mass is 79.9. The summed E-state index contributed by atoms with van der Waals surface area (Å²) in [6, 6.07) is 6.45. The minimum atomic E-state index is -3.89. The summed E-state index contributed by atoms with van der Waals surface area (Å²) in [5, 5.41) is 0. The second-order valence-electron chi connectivity index (χ2n) is 4.08. The van der Waals surface area contributed by atoms with E-state index in [0.717, 1.165) is 15.8 Å². The van der Waals surface area contributed by atoms with Crippen molar-refractivity contribution >= 4 is 75.1 Å². The Morgan fingerprint density at radius 3 is 2.38 bits per heavy atom. The molecule has 21 heavy (non-hydrogen) atoms. The number of hydrogen-bond acceptors (Lipinski definition) is 4. The average Bonchev–Trinajstić information content (AvgIpc) is 2.69. The van der Waals surface area contributed by atoms with E-state index in [-0.39, 0.29) is 4.21 Å². The number of rotatable bonds is 3. The maximum Gasteiger partial charge on any atom is 0.273 e. The number of nitrogens with one attached hydrogen (secondary N) is 1. The summed E-state index contributed by atoms with van der Waals surface area (Å²) in [7, 11) is -3.89. The first kappa shape index (κ1) is 17.1. The highest BCUT2D eigenvalue weighted by Crippen LogP contribution is 2.34. The SMILES string of the molecule is Cc1cc(Br)ccc1C(=O)NS(=O)(=O)c1cc(Br)c(Br)s1. The third kappa shape index (κ3) is 3.95. The van der Waals surface area contributed by atoms with Crippen LogP contribution < -0.4 is 4.72 Å². The minimum Gasteiger partial charge on any atom is -0.268 e. The van der Waals surface area contributed by atoms with Gasteiger partial charge in [-0.25, -0.2) is 13.1 Å². The van der Waals surface area contributed by atoms with Gasteiger partial charge in [-0.15, -0.1) is 11.3 Å². The predicted molar refractivity (Wildman–Crippen MR) is 93.3 cm³/mol. The third-order valence-corrected chi connectivity index (χ3v) is 8.10. The van der Waals surface area contributed by atoms with Crippen molar-refractivity contribution in [3.63, 3.8) is 0 Å². The number of hydrogen-bond donors (Lipinski definition) is 1. The van der Waals surface area contributed by atoms with Crippen molar-refractivity contribution in [1.29, 1.82) is 0 Å². The van der Waals surface area contributed by atoms with Crippen molar-refractivity contribution in [3.8, 4) is 0 Å². The fourth-order valence-electron chi connectivity index (χ4n) is 1.57. The van der Waals surface area contributed by atoms with Gasteiger partial charge in [-0.05, 0) is 68.6 Å². The number of halogens is 3. The molecule has 0 radical (unpaired) electrons. The van der Waals surface area contributed by atoms with Gasteiger partial charge in [0.2, 0.25) is 0 Å². The molecule has 2 aromatic rings. The van der Waals surface area contributed by atoms with E-state index in [1.54, 1.807) is 25.1 Å². The Labute approximate surface area is 151 Å². The van der Waals surface area contributed by atoms with E-state index in [9.17, 15) is 13.2 Å². The molecule has 0 saturated carbocycles. The Bertz CT molecular complexity index is 796. The Balaban J connectivity index is 2.30. The summed E-state index contributed by atoms with van der Waals surface area (Å²) in [4.78, 5) is 12.1. The second kappa shape index (κ2) is 6.49. The van der Waals surface area contributed by atoms with Crippen LogP contribution in [0.5, 0.6) is 0 Å². The number of benzene rings is 1. The summed E-state index contributed by atoms with van der Waals surface area (Å²) in [6.07, 6.45) is 0. The molecule has 0 atom stereocenters. The molecule has 0 fully saturated rings. The van der Waals surface area contributed by atoms with Crippen molar-refractivity contribution in [2.45, 2.75) is 11.1 Å². The topological polar surface area (TPSA) is 63.2 Å². The Hall–Kier alpha value is -0.220. The zero-order valence-electron chi connectivity index (χ0n) is 10.5. The average molecular weight is 518 g/mol. The highest BCUT2D eigenvalue weighted by molar-refractivity contribution is 9.13. The van der Waals surface area contributed by atoms with Crippen molar-refractivity contribution in [2.24, 2.45) is 0 Å². The largest absolute Gasteiger partial charge is 0.273 e. The van der Waals surface area contributed by atoms with Crippen LogP contribution in [0.3, 0.4) is 0 Å². The Morgan fingerprint density at radius 2 is 1.86 bits per heavy atom. The maximum atomic E-state index is 12.2. The number of sulfonamides is 1. The zero-order valence-corrected chi connectivity index (χ0v) is 16.9. The van der Waals surface area contributed by atoms with E-state index >= 15 is 0 Å². The molecule has 0 saturated heterocycles. The first-order valence-electron chi connectivity index (χ1n) is 5.49. The molecule has 112 valence electrons. The van der Waals surface area contributed by atoms with Gasteiger partial charge in [-0.1, -0.05) is 15.9 Å². The molecule has 0 aliphatic carbocycles. The molecule has 0 aliphatic heterocycles. The quantitative estimate of drug-likeness (QED) is 0.653. The summed E-state index contributed by atoms with van der Waals surface area (Å²) in [5.74, 6) is -0.652. The lowest BCUT2D eigenvalue weighted by molar-refractivity contribution is 0.0981. The molecule has 0 aliphatic rings. The molecule has 0 bridgehead atoms. The monoisotopic (exact) mass is 515 g/mol. The molecule has 0 unspecified atom stereocenters. The van der Waals surface area contributed by atoms with Crippen molar-refractivity contribution in [3.05, 3.63) is 48.1 Å². The number of aryl methyl sites for hydroxylation is 1. The highest BCUT2D eigenvalue weighted by Gasteiger charge is 2.23. The molecule has 1 aromatic carbocycles. The van der Waals surface area contributed by atoms with Gasteiger partial charge in [0.15, 0.2) is 0 Å². The van der Waals surface area contributed by atoms with Gasteiger partial charge in [-0.2, -0.15) is 0 Å². The molecule has 4 nitrogen and oxygen atoms in total. The van der Waals surface area contributed by atoms with E-state index in [0.29, 0.717) is 19.4 Å². The van der Waals surface area contributed by atoms with Gasteiger partial charge in [0.05, 0.1) is 3.79 Å². The van der Waals surface area contributed by atoms with Gasteiger partial charge in [0, 0.05) is 14.5 Å². The summed E-state index contributed by atoms with van der Waals surface area (Å²) >= 11 is 10.8. The second-order valence-corrected chi connectivity index (χ2v) is 10.1. The standard InChI is InChI=1S/C12H8Br3NO3S2/c1-6-4-7(13)2-3-8(6)12(17)16-21(18,19)10-5-9(14)11(15)20-10/h2-5H,1H3,(H,16,17). The summed E-state index contributed by atoms with van der Waals surface area (Å²) in [6.45, 7) is 1.74. The molecule has 0 spiro atoms. The summed E-state index contributed by atoms with van der Waals surface area (Å²) in [5.41, 5.74) is 1.00. The summed E-state index contributed by atoms with van der Waals surface area (Å²) < 4.78 is 28.6. The number of carbonyl (C=O) groups is 1. The normalized spacial score (nSPS) is 11.4. The number of carbonyl (C=O) groups excluding carboxylic acids is 1. The predicted octanol–water partition coefficient (Wildman–Crippen LogP) is 4.46. The number of amides is 1. The first-order chi connectivity index (χ1) is 9.70. The lowest BCUT2D eigenvalue weighted by Gasteiger charge is -2.07. The third-order valence-electron chi connectivity index (χ3n) is 2.55. The first-order valence-corrected chi connectivity index (χ1v) is 10.2. The van der Waals surface area contributed by atoms with Crippen LogP contribution in [-0.4, -0.2) is 14.3 Å². The smallest absolute Gasteiger partial charge is 0.268 e. The Kier molecular flexibility index (Phi) is 5.30. The van der Waals surface area contributed by atoms with E-state index in [1.807, 2.05) is 0 Å². The van der Waals surface area contributed by atoms with E-state index < -0.39 is 15.9 Å². The zero-order chi connectivity index (χ0) is 15.8. The van der Waals surface area contributed by atoms with Crippen LogP contribution in [-0.2, 0) is 10.0 Å². The van der Waals surface area contributed by atoms with E-state index in [2.05, 4.69) is 52.5 Å². The van der Waals surface area contributed by atoms with Crippen LogP contribution in [0.2, 0.25) is 0 Å². The van der Waals surface area contributed by atoms with Gasteiger partial charge in [-0.3, -0.25) is 4.79 Å². The van der Waals surface area contributed by atoms with Gasteiger partial charge in [0.1, 0.15) is 4.21 Å². The Morgan fingerprint density at radius 1 is 1.19 bits per heavy atom. The van der Waals surface area contributed by atoms with Crippen LogP contribution in [0.25, 0.3) is 0 Å². The molecular formula is C12H8Br3NO3S2. The molecule has 2 rings (SSSR count). The van der Waals surface area contributed by atoms with Gasteiger partial charge < -0.3 is 0 Å². The molecular weight excluding hydrogens is 510 g/mol. The van der Waals surface area contributed by atoms with Crippen molar-refractivity contribution in [2.75, 3.05) is 0 Å². The molecule has 1 amide bonds. The van der Waals surface area contributed by atoms with Crippen LogP contribution in [0.15, 0.2) is 41.2 Å². The maximum absolute atomic E-state index is 12.2. The molecule has 1 heterocycles. The molecule has 1 aromatic heterocycles. The van der Waals surface area contributed by atoms with Crippen LogP contribution in [0.1, 0.15) is 15.9 Å². The van der Waals surface area contributed by atoms with Crippen LogP contribution in [0.4, 0.5) is 0 Å². The lowest BCUT2D eigenvalue weighted by atomic mass is 10.1. The van der Waals surface area contributed by atoms with E-state index in [4.69, 9.17) is 0 Å². The van der Waals surface area contributed by atoms with Crippen LogP contribution >= 0.6 is 59.1 Å². The molecule has 1 N–H and O–H groups in total. The van der Waals surface area contributed by atoms with Crippen molar-refractivity contribution < 1.29 is 13.2 Å². The van der Waals surface area contributed by atoms with Crippen LogP contribution in [0, 0.1) is 6.92 Å². The molecule has 9 heteroatoms. The van der Waals surface area contributed by atoms with Crippen molar-refractivity contribution in [1.82, 2.24) is 4.72 Å². The van der Waals surface area contributed by atoms with Gasteiger partial charge >= 0.3 is 0 Å². The minimum absolute atomic E-state index is 0.0596. The van der Waals surface area contributed by atoms with Gasteiger partial charge in [0.25, 0.3) is 15.9 Å². The number of thiophene rings is 1.